The highest BCUT2D eigenvalue weighted by atomic mass is 16.5. The lowest BCUT2D eigenvalue weighted by atomic mass is 10.2. The van der Waals surface area contributed by atoms with Crippen LogP contribution >= 0.6 is 0 Å². The number of aryl methyl sites for hydroxylation is 1. The SMILES string of the molecule is C=C(CCC)C(=O)Oc1ccc(C)cc1. The molecule has 2 nitrogen and oxygen atoms in total. The molecule has 0 saturated carbocycles. The quantitative estimate of drug-likeness (QED) is 0.427. The fourth-order valence-electron chi connectivity index (χ4n) is 1.19. The van der Waals surface area contributed by atoms with Gasteiger partial charge in [-0.25, -0.2) is 4.79 Å². The number of esters is 1. The van der Waals surface area contributed by atoms with E-state index in [0.717, 1.165) is 12.0 Å². The maximum atomic E-state index is 11.5. The van der Waals surface area contributed by atoms with Gasteiger partial charge in [0.15, 0.2) is 0 Å². The summed E-state index contributed by atoms with van der Waals surface area (Å²) in [6.07, 6.45) is 1.59. The van der Waals surface area contributed by atoms with Crippen LogP contribution in [0.1, 0.15) is 25.3 Å². The molecule has 1 aromatic rings. The van der Waals surface area contributed by atoms with Crippen molar-refractivity contribution in [3.8, 4) is 5.75 Å². The van der Waals surface area contributed by atoms with Crippen LogP contribution in [-0.4, -0.2) is 5.97 Å². The molecule has 0 N–H and O–H groups in total. The highest BCUT2D eigenvalue weighted by molar-refractivity contribution is 5.89. The van der Waals surface area contributed by atoms with Crippen molar-refractivity contribution in [1.82, 2.24) is 0 Å². The Labute approximate surface area is 90.6 Å². The van der Waals surface area contributed by atoms with Crippen LogP contribution in [0.3, 0.4) is 0 Å². The van der Waals surface area contributed by atoms with E-state index in [1.165, 1.54) is 0 Å². The van der Waals surface area contributed by atoms with Crippen LogP contribution in [0.15, 0.2) is 36.4 Å². The van der Waals surface area contributed by atoms with Crippen LogP contribution in [0.2, 0.25) is 0 Å². The average Bonchev–Trinajstić information content (AvgIpc) is 2.22. The van der Waals surface area contributed by atoms with Crippen LogP contribution < -0.4 is 4.74 Å². The summed E-state index contributed by atoms with van der Waals surface area (Å²) in [6.45, 7) is 7.68. The Morgan fingerprint density at radius 1 is 1.33 bits per heavy atom. The topological polar surface area (TPSA) is 26.3 Å². The number of hydrogen-bond donors (Lipinski definition) is 0. The number of hydrogen-bond acceptors (Lipinski definition) is 2. The maximum Gasteiger partial charge on any atom is 0.338 e. The number of ether oxygens (including phenoxy) is 1. The molecular formula is C13H16O2. The molecular weight excluding hydrogens is 188 g/mol. The van der Waals surface area contributed by atoms with Crippen LogP contribution in [0.25, 0.3) is 0 Å². The predicted octanol–water partition coefficient (Wildman–Crippen LogP) is 3.26. The first-order chi connectivity index (χ1) is 7.13. The first-order valence-corrected chi connectivity index (χ1v) is 5.10. The second-order valence-electron chi connectivity index (χ2n) is 3.56. The van der Waals surface area contributed by atoms with Crippen molar-refractivity contribution in [2.45, 2.75) is 26.7 Å². The summed E-state index contributed by atoms with van der Waals surface area (Å²) < 4.78 is 5.15. The summed E-state index contributed by atoms with van der Waals surface area (Å²) in [4.78, 5) is 11.5. The Hall–Kier alpha value is -1.57. The van der Waals surface area contributed by atoms with Gasteiger partial charge in [-0.15, -0.1) is 0 Å². The van der Waals surface area contributed by atoms with Gasteiger partial charge >= 0.3 is 5.97 Å². The van der Waals surface area contributed by atoms with E-state index in [4.69, 9.17) is 4.74 Å². The Morgan fingerprint density at radius 2 is 1.93 bits per heavy atom. The molecule has 0 saturated heterocycles. The number of rotatable bonds is 4. The van der Waals surface area contributed by atoms with Crippen LogP contribution in [-0.2, 0) is 4.79 Å². The maximum absolute atomic E-state index is 11.5. The van der Waals surface area contributed by atoms with Gasteiger partial charge in [0.2, 0.25) is 0 Å². The van der Waals surface area contributed by atoms with Gasteiger partial charge in [0, 0.05) is 5.57 Å². The third kappa shape index (κ3) is 3.58. The lowest BCUT2D eigenvalue weighted by Gasteiger charge is -2.05. The Kier molecular flexibility index (Phi) is 4.10. The van der Waals surface area contributed by atoms with Gasteiger partial charge in [-0.3, -0.25) is 0 Å². The van der Waals surface area contributed by atoms with Gasteiger partial charge in [0.25, 0.3) is 0 Å². The molecule has 0 fully saturated rings. The van der Waals surface area contributed by atoms with E-state index >= 15 is 0 Å². The zero-order chi connectivity index (χ0) is 11.3. The molecule has 1 rings (SSSR count). The summed E-state index contributed by atoms with van der Waals surface area (Å²) >= 11 is 0. The first-order valence-electron chi connectivity index (χ1n) is 5.10. The zero-order valence-electron chi connectivity index (χ0n) is 9.25. The molecule has 0 aromatic heterocycles. The summed E-state index contributed by atoms with van der Waals surface area (Å²) in [5, 5.41) is 0. The Balaban J connectivity index is 2.58. The molecule has 0 amide bonds. The largest absolute Gasteiger partial charge is 0.423 e. The van der Waals surface area contributed by atoms with E-state index in [2.05, 4.69) is 6.58 Å². The molecule has 0 aliphatic carbocycles. The van der Waals surface area contributed by atoms with Gasteiger partial charge < -0.3 is 4.74 Å². The highest BCUT2D eigenvalue weighted by Crippen LogP contribution is 2.14. The van der Waals surface area contributed by atoms with Crippen molar-refractivity contribution < 1.29 is 9.53 Å². The lowest BCUT2D eigenvalue weighted by molar-refractivity contribution is -0.130. The molecule has 1 aromatic carbocycles. The Morgan fingerprint density at radius 3 is 2.47 bits per heavy atom. The zero-order valence-corrected chi connectivity index (χ0v) is 9.25. The van der Waals surface area contributed by atoms with E-state index in [9.17, 15) is 4.79 Å². The lowest BCUT2D eigenvalue weighted by Crippen LogP contribution is -2.10. The van der Waals surface area contributed by atoms with Gasteiger partial charge in [-0.05, 0) is 25.5 Å². The number of benzene rings is 1. The summed E-state index contributed by atoms with van der Waals surface area (Å²) in [6, 6.07) is 7.38. The van der Waals surface area contributed by atoms with Gasteiger partial charge in [0.05, 0.1) is 0 Å². The molecule has 15 heavy (non-hydrogen) atoms. The minimum atomic E-state index is -0.333. The summed E-state index contributed by atoms with van der Waals surface area (Å²) in [5.74, 6) is 0.239. The molecule has 0 unspecified atom stereocenters. The van der Waals surface area contributed by atoms with E-state index in [-0.39, 0.29) is 5.97 Å². The van der Waals surface area contributed by atoms with Crippen LogP contribution in [0, 0.1) is 6.92 Å². The summed E-state index contributed by atoms with van der Waals surface area (Å²) in [5.41, 5.74) is 1.67. The number of carbonyl (C=O) groups excluding carboxylic acids is 1. The smallest absolute Gasteiger partial charge is 0.338 e. The second kappa shape index (κ2) is 5.35. The average molecular weight is 204 g/mol. The van der Waals surface area contributed by atoms with Crippen LogP contribution in [0.4, 0.5) is 0 Å². The van der Waals surface area contributed by atoms with Crippen molar-refractivity contribution in [3.63, 3.8) is 0 Å². The van der Waals surface area contributed by atoms with Crippen molar-refractivity contribution in [3.05, 3.63) is 42.0 Å². The van der Waals surface area contributed by atoms with Crippen molar-refractivity contribution >= 4 is 5.97 Å². The molecule has 0 bridgehead atoms. The highest BCUT2D eigenvalue weighted by Gasteiger charge is 2.08. The third-order valence-corrected chi connectivity index (χ3v) is 2.07. The molecule has 2 heteroatoms. The molecule has 0 heterocycles. The molecule has 0 atom stereocenters. The Bertz CT molecular complexity index is 349. The van der Waals surface area contributed by atoms with E-state index in [1.54, 1.807) is 12.1 Å². The summed E-state index contributed by atoms with van der Waals surface area (Å²) in [7, 11) is 0. The fraction of sp³-hybridized carbons (Fsp3) is 0.308. The number of carbonyl (C=O) groups is 1. The van der Waals surface area contributed by atoms with Crippen molar-refractivity contribution in [2.24, 2.45) is 0 Å². The monoisotopic (exact) mass is 204 g/mol. The minimum absolute atomic E-state index is 0.333. The molecule has 0 spiro atoms. The molecule has 0 radical (unpaired) electrons. The molecule has 80 valence electrons. The minimum Gasteiger partial charge on any atom is -0.423 e. The predicted molar refractivity (Wildman–Crippen MR) is 60.9 cm³/mol. The molecule has 0 aliphatic heterocycles. The third-order valence-electron chi connectivity index (χ3n) is 2.07. The van der Waals surface area contributed by atoms with Crippen molar-refractivity contribution in [2.75, 3.05) is 0 Å². The van der Waals surface area contributed by atoms with E-state index in [0.29, 0.717) is 17.7 Å². The van der Waals surface area contributed by atoms with Gasteiger partial charge in [-0.1, -0.05) is 37.6 Å². The van der Waals surface area contributed by atoms with Gasteiger partial charge in [0.1, 0.15) is 5.75 Å². The first kappa shape index (κ1) is 11.5. The van der Waals surface area contributed by atoms with Crippen LogP contribution in [0.5, 0.6) is 5.75 Å². The standard InChI is InChI=1S/C13H16O2/c1-4-5-11(3)13(14)15-12-8-6-10(2)7-9-12/h6-9H,3-5H2,1-2H3. The van der Waals surface area contributed by atoms with E-state index in [1.807, 2.05) is 26.0 Å². The fourth-order valence-corrected chi connectivity index (χ4v) is 1.19. The van der Waals surface area contributed by atoms with Gasteiger partial charge in [-0.2, -0.15) is 0 Å². The second-order valence-corrected chi connectivity index (χ2v) is 3.56. The molecule has 0 aliphatic rings. The normalized spacial score (nSPS) is 9.73. The van der Waals surface area contributed by atoms with Crippen molar-refractivity contribution in [1.29, 1.82) is 0 Å². The van der Waals surface area contributed by atoms with E-state index < -0.39 is 0 Å².